The Morgan fingerprint density at radius 3 is 2.56 bits per heavy atom. The van der Waals surface area contributed by atoms with E-state index < -0.39 is 0 Å². The molecule has 2 nitrogen and oxygen atoms in total. The van der Waals surface area contributed by atoms with Crippen molar-refractivity contribution in [1.82, 2.24) is 5.32 Å². The normalized spacial score (nSPS) is 28.2. The van der Waals surface area contributed by atoms with Crippen LogP contribution >= 0.6 is 15.9 Å². The van der Waals surface area contributed by atoms with E-state index in [9.17, 15) is 0 Å². The lowest BCUT2D eigenvalue weighted by Crippen LogP contribution is -2.40. The van der Waals surface area contributed by atoms with Crippen molar-refractivity contribution in [2.45, 2.75) is 38.5 Å². The second kappa shape index (κ2) is 4.13. The van der Waals surface area contributed by atoms with Gasteiger partial charge in [-0.1, -0.05) is 34.1 Å². The minimum Gasteiger partial charge on any atom is -0.353 e. The van der Waals surface area contributed by atoms with Crippen LogP contribution < -0.4 is 5.32 Å². The third-order valence-corrected chi connectivity index (χ3v) is 3.65. The van der Waals surface area contributed by atoms with Crippen molar-refractivity contribution in [1.29, 1.82) is 0 Å². The van der Waals surface area contributed by atoms with Crippen LogP contribution in [-0.4, -0.2) is 17.9 Å². The molecule has 1 aromatic carbocycles. The van der Waals surface area contributed by atoms with Crippen LogP contribution in [0.5, 0.6) is 0 Å². The lowest BCUT2D eigenvalue weighted by molar-refractivity contribution is -0.0786. The maximum absolute atomic E-state index is 6.06. The molecule has 1 heterocycles. The summed E-state index contributed by atoms with van der Waals surface area (Å²) in [5.41, 5.74) is 0.943. The van der Waals surface area contributed by atoms with Gasteiger partial charge < -0.3 is 4.74 Å². The molecule has 0 aromatic heterocycles. The number of hydrogen-bond donors (Lipinski definition) is 1. The highest BCUT2D eigenvalue weighted by atomic mass is 79.9. The average Bonchev–Trinajstić information content (AvgIpc) is 2.45. The summed E-state index contributed by atoms with van der Waals surface area (Å²) in [6.07, 6.45) is 0.873. The number of nitrogens with one attached hydrogen (secondary N) is 1. The van der Waals surface area contributed by atoms with Gasteiger partial charge in [0.05, 0.1) is 5.60 Å². The van der Waals surface area contributed by atoms with E-state index in [2.05, 4.69) is 60.2 Å². The van der Waals surface area contributed by atoms with E-state index >= 15 is 0 Å². The van der Waals surface area contributed by atoms with Gasteiger partial charge in [-0.3, -0.25) is 5.32 Å². The van der Waals surface area contributed by atoms with Gasteiger partial charge in [-0.25, -0.2) is 0 Å². The Hall–Kier alpha value is -0.380. The minimum absolute atomic E-state index is 0.0734. The number of hydrogen-bond acceptors (Lipinski definition) is 2. The molecule has 16 heavy (non-hydrogen) atoms. The molecule has 1 atom stereocenters. The molecule has 1 aliphatic heterocycles. The zero-order valence-electron chi connectivity index (χ0n) is 10.0. The highest BCUT2D eigenvalue weighted by molar-refractivity contribution is 9.10. The lowest BCUT2D eigenvalue weighted by atomic mass is 10.0. The SMILES string of the molecule is CC1(C)CNC(C)(Cc2ccccc2Br)O1. The Bertz CT molecular complexity index is 391. The second-order valence-corrected chi connectivity index (χ2v) is 6.07. The van der Waals surface area contributed by atoms with Crippen molar-refractivity contribution >= 4 is 15.9 Å². The molecule has 0 amide bonds. The van der Waals surface area contributed by atoms with E-state index in [1.165, 1.54) is 5.56 Å². The Kier molecular flexibility index (Phi) is 3.12. The summed E-state index contributed by atoms with van der Waals surface area (Å²) in [4.78, 5) is 0. The van der Waals surface area contributed by atoms with E-state index in [0.29, 0.717) is 0 Å². The van der Waals surface area contributed by atoms with Gasteiger partial charge in [0.1, 0.15) is 5.72 Å². The molecule has 1 fully saturated rings. The molecule has 2 rings (SSSR count). The zero-order chi connectivity index (χ0) is 11.8. The second-order valence-electron chi connectivity index (χ2n) is 5.21. The van der Waals surface area contributed by atoms with Crippen LogP contribution in [-0.2, 0) is 11.2 Å². The van der Waals surface area contributed by atoms with Crippen LogP contribution in [0.2, 0.25) is 0 Å². The highest BCUT2D eigenvalue weighted by Crippen LogP contribution is 2.30. The number of rotatable bonds is 2. The van der Waals surface area contributed by atoms with Gasteiger partial charge in [0.2, 0.25) is 0 Å². The van der Waals surface area contributed by atoms with Gasteiger partial charge in [0.15, 0.2) is 0 Å². The van der Waals surface area contributed by atoms with E-state index in [4.69, 9.17) is 4.74 Å². The summed E-state index contributed by atoms with van der Waals surface area (Å²) in [5.74, 6) is 0. The molecule has 1 aromatic rings. The van der Waals surface area contributed by atoms with Crippen LogP contribution in [0.1, 0.15) is 26.3 Å². The molecular formula is C13H18BrNO. The summed E-state index contributed by atoms with van der Waals surface area (Å²) in [6, 6.07) is 8.29. The fourth-order valence-corrected chi connectivity index (χ4v) is 2.61. The summed E-state index contributed by atoms with van der Waals surface area (Å²) in [6.45, 7) is 7.24. The maximum Gasteiger partial charge on any atom is 0.121 e. The molecule has 0 spiro atoms. The molecule has 1 saturated heterocycles. The number of benzene rings is 1. The molecule has 1 N–H and O–H groups in total. The van der Waals surface area contributed by atoms with Crippen LogP contribution in [0.15, 0.2) is 28.7 Å². The smallest absolute Gasteiger partial charge is 0.121 e. The minimum atomic E-state index is -0.257. The first-order valence-electron chi connectivity index (χ1n) is 5.59. The predicted molar refractivity (Wildman–Crippen MR) is 69.4 cm³/mol. The Morgan fingerprint density at radius 1 is 1.31 bits per heavy atom. The van der Waals surface area contributed by atoms with Crippen LogP contribution in [0, 0.1) is 0 Å². The first-order valence-corrected chi connectivity index (χ1v) is 6.38. The van der Waals surface area contributed by atoms with Crippen LogP contribution in [0.4, 0.5) is 0 Å². The van der Waals surface area contributed by atoms with Crippen molar-refractivity contribution in [3.8, 4) is 0 Å². The summed E-state index contributed by atoms with van der Waals surface area (Å²) < 4.78 is 7.21. The van der Waals surface area contributed by atoms with Crippen molar-refractivity contribution in [3.05, 3.63) is 34.3 Å². The Balaban J connectivity index is 2.14. The fraction of sp³-hybridized carbons (Fsp3) is 0.538. The first-order chi connectivity index (χ1) is 7.40. The van der Waals surface area contributed by atoms with Gasteiger partial charge >= 0.3 is 0 Å². The first kappa shape index (κ1) is 12.1. The quantitative estimate of drug-likeness (QED) is 0.901. The molecule has 0 aliphatic carbocycles. The van der Waals surface area contributed by atoms with E-state index in [1.807, 2.05) is 6.07 Å². The summed E-state index contributed by atoms with van der Waals surface area (Å²) in [5, 5.41) is 3.46. The third-order valence-electron chi connectivity index (χ3n) is 2.88. The van der Waals surface area contributed by atoms with Gasteiger partial charge in [0, 0.05) is 17.4 Å². The van der Waals surface area contributed by atoms with Crippen LogP contribution in [0.3, 0.4) is 0 Å². The molecule has 88 valence electrons. The average molecular weight is 284 g/mol. The standard InChI is InChI=1S/C13H18BrNO/c1-12(2)9-15-13(3,16-12)8-10-6-4-5-7-11(10)14/h4-7,15H,8-9H2,1-3H3. The number of ether oxygens (including phenoxy) is 1. The summed E-state index contributed by atoms with van der Waals surface area (Å²) >= 11 is 3.57. The molecule has 0 radical (unpaired) electrons. The highest BCUT2D eigenvalue weighted by Gasteiger charge is 2.40. The van der Waals surface area contributed by atoms with Crippen molar-refractivity contribution in [2.75, 3.05) is 6.54 Å². The van der Waals surface area contributed by atoms with Gasteiger partial charge in [-0.15, -0.1) is 0 Å². The molecule has 1 unspecified atom stereocenters. The predicted octanol–water partition coefficient (Wildman–Crippen LogP) is 3.11. The van der Waals surface area contributed by atoms with Crippen molar-refractivity contribution < 1.29 is 4.74 Å². The van der Waals surface area contributed by atoms with Gasteiger partial charge in [-0.2, -0.15) is 0 Å². The van der Waals surface area contributed by atoms with Crippen molar-refractivity contribution in [2.24, 2.45) is 0 Å². The molecule has 3 heteroatoms. The van der Waals surface area contributed by atoms with Gasteiger partial charge in [0.25, 0.3) is 0 Å². The Morgan fingerprint density at radius 2 is 2.00 bits per heavy atom. The van der Waals surface area contributed by atoms with Crippen molar-refractivity contribution in [3.63, 3.8) is 0 Å². The topological polar surface area (TPSA) is 21.3 Å². The van der Waals surface area contributed by atoms with E-state index in [-0.39, 0.29) is 11.3 Å². The fourth-order valence-electron chi connectivity index (χ4n) is 2.19. The number of halogens is 1. The molecule has 1 aliphatic rings. The van der Waals surface area contributed by atoms with E-state index in [0.717, 1.165) is 17.4 Å². The lowest BCUT2D eigenvalue weighted by Gasteiger charge is -2.27. The van der Waals surface area contributed by atoms with Crippen LogP contribution in [0.25, 0.3) is 0 Å². The molecule has 0 saturated carbocycles. The van der Waals surface area contributed by atoms with E-state index in [1.54, 1.807) is 0 Å². The zero-order valence-corrected chi connectivity index (χ0v) is 11.6. The van der Waals surface area contributed by atoms with Gasteiger partial charge in [-0.05, 0) is 32.4 Å². The monoisotopic (exact) mass is 283 g/mol. The maximum atomic E-state index is 6.06. The third kappa shape index (κ3) is 2.65. The molecule has 0 bridgehead atoms. The largest absolute Gasteiger partial charge is 0.353 e. The molecular weight excluding hydrogens is 266 g/mol. The Labute approximate surface area is 106 Å². The summed E-state index contributed by atoms with van der Waals surface area (Å²) in [7, 11) is 0.